The van der Waals surface area contributed by atoms with E-state index in [4.69, 9.17) is 0 Å². The first kappa shape index (κ1) is 22.4. The van der Waals surface area contributed by atoms with Gasteiger partial charge in [-0.2, -0.15) is 8.78 Å². The number of halogens is 2. The number of alkyl halides is 2. The Morgan fingerprint density at radius 1 is 1.13 bits per heavy atom. The number of rotatable bonds is 10. The summed E-state index contributed by atoms with van der Waals surface area (Å²) in [5.74, 6) is 0.175. The van der Waals surface area contributed by atoms with Crippen molar-refractivity contribution >= 4 is 11.8 Å². The first-order chi connectivity index (χ1) is 14.4. The summed E-state index contributed by atoms with van der Waals surface area (Å²) in [6.45, 7) is 2.94. The molecule has 2 aliphatic rings. The Morgan fingerprint density at radius 2 is 1.80 bits per heavy atom. The number of carbonyl (C=O) groups excluding carboxylic acids is 2. The SMILES string of the molecule is CC(C(=O)NC1CC1)N1CCN(CC(=O)NCCc2ccc(OC(F)F)cc2)CC1. The highest BCUT2D eigenvalue weighted by Crippen LogP contribution is 2.19. The average molecular weight is 424 g/mol. The van der Waals surface area contributed by atoms with Crippen molar-refractivity contribution in [3.63, 3.8) is 0 Å². The van der Waals surface area contributed by atoms with Crippen LogP contribution in [0, 0.1) is 0 Å². The van der Waals surface area contributed by atoms with Crippen molar-refractivity contribution in [3.8, 4) is 5.75 Å². The van der Waals surface area contributed by atoms with Crippen LogP contribution in [0.3, 0.4) is 0 Å². The fourth-order valence-corrected chi connectivity index (χ4v) is 3.47. The van der Waals surface area contributed by atoms with E-state index in [-0.39, 0.29) is 23.6 Å². The lowest BCUT2D eigenvalue weighted by molar-refractivity contribution is -0.128. The highest BCUT2D eigenvalue weighted by Gasteiger charge is 2.30. The lowest BCUT2D eigenvalue weighted by Crippen LogP contribution is -2.55. The van der Waals surface area contributed by atoms with Gasteiger partial charge in [-0.15, -0.1) is 0 Å². The molecule has 0 aromatic heterocycles. The smallest absolute Gasteiger partial charge is 0.387 e. The summed E-state index contributed by atoms with van der Waals surface area (Å²) in [5, 5.41) is 5.94. The Bertz CT molecular complexity index is 705. The molecule has 0 spiro atoms. The molecule has 1 saturated heterocycles. The van der Waals surface area contributed by atoms with Gasteiger partial charge in [0.05, 0.1) is 12.6 Å². The van der Waals surface area contributed by atoms with Crippen molar-refractivity contribution in [2.45, 2.75) is 44.9 Å². The van der Waals surface area contributed by atoms with Crippen molar-refractivity contribution in [1.82, 2.24) is 20.4 Å². The summed E-state index contributed by atoms with van der Waals surface area (Å²) in [6, 6.07) is 6.64. The maximum Gasteiger partial charge on any atom is 0.387 e. The summed E-state index contributed by atoms with van der Waals surface area (Å²) < 4.78 is 28.6. The van der Waals surface area contributed by atoms with Gasteiger partial charge in [-0.25, -0.2) is 0 Å². The lowest BCUT2D eigenvalue weighted by atomic mass is 10.1. The number of nitrogens with one attached hydrogen (secondary N) is 2. The third-order valence-electron chi connectivity index (χ3n) is 5.51. The maximum atomic E-state index is 12.2. The zero-order valence-corrected chi connectivity index (χ0v) is 17.3. The van der Waals surface area contributed by atoms with Crippen LogP contribution in [0.1, 0.15) is 25.3 Å². The molecule has 1 atom stereocenters. The molecule has 3 rings (SSSR count). The van der Waals surface area contributed by atoms with Crippen LogP contribution in [-0.4, -0.2) is 79.6 Å². The van der Waals surface area contributed by atoms with Gasteiger partial charge in [-0.3, -0.25) is 19.4 Å². The molecule has 1 aromatic carbocycles. The third kappa shape index (κ3) is 7.21. The highest BCUT2D eigenvalue weighted by molar-refractivity contribution is 5.82. The zero-order chi connectivity index (χ0) is 21.5. The third-order valence-corrected chi connectivity index (χ3v) is 5.51. The minimum absolute atomic E-state index is 0.0411. The molecule has 30 heavy (non-hydrogen) atoms. The Balaban J connectivity index is 1.30. The van der Waals surface area contributed by atoms with Crippen LogP contribution in [0.4, 0.5) is 8.78 Å². The molecule has 1 saturated carbocycles. The van der Waals surface area contributed by atoms with Crippen molar-refractivity contribution in [2.24, 2.45) is 0 Å². The topological polar surface area (TPSA) is 73.9 Å². The number of nitrogens with zero attached hydrogens (tertiary/aromatic N) is 2. The number of piperazine rings is 1. The first-order valence-corrected chi connectivity index (χ1v) is 10.5. The van der Waals surface area contributed by atoms with E-state index < -0.39 is 6.61 Å². The van der Waals surface area contributed by atoms with Gasteiger partial charge < -0.3 is 15.4 Å². The monoisotopic (exact) mass is 424 g/mol. The number of hydrogen-bond acceptors (Lipinski definition) is 5. The van der Waals surface area contributed by atoms with E-state index in [9.17, 15) is 18.4 Å². The molecule has 2 fully saturated rings. The van der Waals surface area contributed by atoms with Gasteiger partial charge in [-0.05, 0) is 43.9 Å². The van der Waals surface area contributed by atoms with Crippen molar-refractivity contribution in [3.05, 3.63) is 29.8 Å². The molecule has 2 N–H and O–H groups in total. The molecule has 1 aliphatic carbocycles. The van der Waals surface area contributed by atoms with Crippen LogP contribution < -0.4 is 15.4 Å². The molecule has 2 amide bonds. The standard InChI is InChI=1S/C21H30F2N4O3/c1-15(20(29)25-17-4-5-17)27-12-10-26(11-13-27)14-19(28)24-9-8-16-2-6-18(7-3-16)30-21(22)23/h2-3,6-7,15,17,21H,4-5,8-14H2,1H3,(H,24,28)(H,25,29). The largest absolute Gasteiger partial charge is 0.435 e. The fraction of sp³-hybridized carbons (Fsp3) is 0.619. The molecule has 166 valence electrons. The van der Waals surface area contributed by atoms with Crippen molar-refractivity contribution < 1.29 is 23.1 Å². The minimum atomic E-state index is -2.83. The van der Waals surface area contributed by atoms with Crippen LogP contribution in [-0.2, 0) is 16.0 Å². The number of carbonyl (C=O) groups is 2. The number of benzene rings is 1. The summed E-state index contributed by atoms with van der Waals surface area (Å²) >= 11 is 0. The van der Waals surface area contributed by atoms with Crippen molar-refractivity contribution in [2.75, 3.05) is 39.3 Å². The van der Waals surface area contributed by atoms with E-state index >= 15 is 0 Å². The van der Waals surface area contributed by atoms with Gasteiger partial charge in [0.1, 0.15) is 5.75 Å². The number of ether oxygens (including phenoxy) is 1. The van der Waals surface area contributed by atoms with Crippen LogP contribution >= 0.6 is 0 Å². The normalized spacial score (nSPS) is 18.8. The molecule has 9 heteroatoms. The fourth-order valence-electron chi connectivity index (χ4n) is 3.47. The van der Waals surface area contributed by atoms with E-state index in [1.807, 2.05) is 6.92 Å². The molecule has 1 heterocycles. The van der Waals surface area contributed by atoms with Gasteiger partial charge in [0.2, 0.25) is 11.8 Å². The van der Waals surface area contributed by atoms with Gasteiger partial charge in [0, 0.05) is 38.8 Å². The Hall–Kier alpha value is -2.26. The highest BCUT2D eigenvalue weighted by atomic mass is 19.3. The van der Waals surface area contributed by atoms with E-state index in [1.54, 1.807) is 12.1 Å². The van der Waals surface area contributed by atoms with Gasteiger partial charge >= 0.3 is 6.61 Å². The van der Waals surface area contributed by atoms with Gasteiger partial charge in [-0.1, -0.05) is 12.1 Å². The van der Waals surface area contributed by atoms with Gasteiger partial charge in [0.25, 0.3) is 0 Å². The molecule has 7 nitrogen and oxygen atoms in total. The quantitative estimate of drug-likeness (QED) is 0.591. The van der Waals surface area contributed by atoms with Crippen molar-refractivity contribution in [1.29, 1.82) is 0 Å². The van der Waals surface area contributed by atoms with E-state index in [1.165, 1.54) is 12.1 Å². The Morgan fingerprint density at radius 3 is 2.40 bits per heavy atom. The first-order valence-electron chi connectivity index (χ1n) is 10.5. The lowest BCUT2D eigenvalue weighted by Gasteiger charge is -2.37. The van der Waals surface area contributed by atoms with Crippen LogP contribution in [0.25, 0.3) is 0 Å². The number of hydrogen-bond donors (Lipinski definition) is 2. The number of amides is 2. The second kappa shape index (κ2) is 10.7. The van der Waals surface area contributed by atoms with Crippen LogP contribution in [0.2, 0.25) is 0 Å². The average Bonchev–Trinajstić information content (AvgIpc) is 3.53. The predicted octanol–water partition coefficient (Wildman–Crippen LogP) is 1.23. The van der Waals surface area contributed by atoms with Gasteiger partial charge in [0.15, 0.2) is 0 Å². The predicted molar refractivity (Wildman–Crippen MR) is 108 cm³/mol. The van der Waals surface area contributed by atoms with E-state index in [2.05, 4.69) is 25.2 Å². The summed E-state index contributed by atoms with van der Waals surface area (Å²) in [5.41, 5.74) is 0.934. The second-order valence-corrected chi connectivity index (χ2v) is 7.89. The molecule has 1 aliphatic heterocycles. The molecule has 1 unspecified atom stereocenters. The Kier molecular flexibility index (Phi) is 7.98. The van der Waals surface area contributed by atoms with E-state index in [0.717, 1.165) is 44.6 Å². The van der Waals surface area contributed by atoms with E-state index in [0.29, 0.717) is 25.6 Å². The van der Waals surface area contributed by atoms with Crippen LogP contribution in [0.5, 0.6) is 5.75 Å². The summed E-state index contributed by atoms with van der Waals surface area (Å²) in [7, 11) is 0. The molecule has 0 radical (unpaired) electrons. The molecular weight excluding hydrogens is 394 g/mol. The minimum Gasteiger partial charge on any atom is -0.435 e. The summed E-state index contributed by atoms with van der Waals surface area (Å²) in [6.07, 6.45) is 2.78. The summed E-state index contributed by atoms with van der Waals surface area (Å²) in [4.78, 5) is 28.6. The van der Waals surface area contributed by atoms with Crippen LogP contribution in [0.15, 0.2) is 24.3 Å². The Labute approximate surface area is 175 Å². The molecular formula is C21H30F2N4O3. The zero-order valence-electron chi connectivity index (χ0n) is 17.3. The molecule has 1 aromatic rings. The molecule has 0 bridgehead atoms. The maximum absolute atomic E-state index is 12.2. The second-order valence-electron chi connectivity index (χ2n) is 7.89.